The molecule has 2 aromatic heterocycles. The fraction of sp³-hybridized carbons (Fsp3) is 0.400. The van der Waals surface area contributed by atoms with E-state index in [1.165, 1.54) is 14.1 Å². The molecule has 1 N–H and O–H groups in total. The van der Waals surface area contributed by atoms with Gasteiger partial charge in [-0.1, -0.05) is 0 Å². The molecular weight excluding hydrogens is 295 g/mol. The number of aryl methyl sites for hydroxylation is 2. The summed E-state index contributed by atoms with van der Waals surface area (Å²) in [5.41, 5.74) is -1.69. The van der Waals surface area contributed by atoms with Crippen LogP contribution in [0, 0.1) is 0 Å². The number of carbonyl (C=O) groups excluding carboxylic acids is 1. The summed E-state index contributed by atoms with van der Waals surface area (Å²) in [7, 11) is 2.62. The summed E-state index contributed by atoms with van der Waals surface area (Å²) in [6.45, 7) is -0.386. The van der Waals surface area contributed by atoms with E-state index in [4.69, 9.17) is 4.74 Å². The monoisotopic (exact) mass is 305 g/mol. The second-order valence-corrected chi connectivity index (χ2v) is 4.14. The van der Waals surface area contributed by atoms with Crippen molar-refractivity contribution >= 4 is 5.97 Å². The molecule has 0 fully saturated rings. The average Bonchev–Trinajstić information content (AvgIpc) is 2.90. The third kappa shape index (κ3) is 3.12. The van der Waals surface area contributed by atoms with Crippen molar-refractivity contribution < 1.29 is 22.7 Å². The van der Waals surface area contributed by atoms with Crippen LogP contribution in [0.3, 0.4) is 0 Å². The molecule has 8 nitrogen and oxygen atoms in total. The topological polar surface area (TPSA) is 94.8 Å². The summed E-state index contributed by atoms with van der Waals surface area (Å²) in [5, 5.41) is 3.71. The fourth-order valence-corrected chi connectivity index (χ4v) is 1.51. The van der Waals surface area contributed by atoms with Gasteiger partial charge in [0.15, 0.2) is 18.1 Å². The summed E-state index contributed by atoms with van der Waals surface area (Å²) in [4.78, 5) is 28.2. The van der Waals surface area contributed by atoms with Gasteiger partial charge in [0, 0.05) is 20.3 Å². The minimum atomic E-state index is -4.65. The molecule has 0 spiro atoms. The zero-order chi connectivity index (χ0) is 15.8. The van der Waals surface area contributed by atoms with Gasteiger partial charge in [0.1, 0.15) is 0 Å². The van der Waals surface area contributed by atoms with E-state index in [-0.39, 0.29) is 12.4 Å². The SMILES string of the molecule is Cn1cc(C(F)(F)F)nc1C(=O)OCc1nn(C)c(=O)[nH]1. The lowest BCUT2D eigenvalue weighted by molar-refractivity contribution is -0.141. The van der Waals surface area contributed by atoms with Crippen LogP contribution in [0.5, 0.6) is 0 Å². The molecular formula is C10H10F3N5O3. The van der Waals surface area contributed by atoms with Crippen molar-refractivity contribution in [3.63, 3.8) is 0 Å². The van der Waals surface area contributed by atoms with Crippen LogP contribution < -0.4 is 5.69 Å². The molecule has 2 rings (SSSR count). The number of halogens is 3. The Bertz CT molecular complexity index is 727. The number of hydrogen-bond donors (Lipinski definition) is 1. The number of H-pyrrole nitrogens is 1. The van der Waals surface area contributed by atoms with E-state index >= 15 is 0 Å². The first kappa shape index (κ1) is 14.8. The summed E-state index contributed by atoms with van der Waals surface area (Å²) >= 11 is 0. The van der Waals surface area contributed by atoms with Crippen LogP contribution >= 0.6 is 0 Å². The molecule has 21 heavy (non-hydrogen) atoms. The van der Waals surface area contributed by atoms with E-state index < -0.39 is 29.4 Å². The van der Waals surface area contributed by atoms with Crippen LogP contribution in [-0.4, -0.2) is 30.3 Å². The highest BCUT2D eigenvalue weighted by atomic mass is 19.4. The number of nitrogens with zero attached hydrogens (tertiary/aromatic N) is 4. The number of esters is 1. The first-order valence-electron chi connectivity index (χ1n) is 5.58. The maximum absolute atomic E-state index is 12.5. The van der Waals surface area contributed by atoms with Crippen molar-refractivity contribution in [1.82, 2.24) is 24.3 Å². The number of carbonyl (C=O) groups is 1. The lowest BCUT2D eigenvalue weighted by Gasteiger charge is -2.02. The number of aromatic amines is 1. The van der Waals surface area contributed by atoms with Crippen LogP contribution in [-0.2, 0) is 31.6 Å². The highest BCUT2D eigenvalue weighted by molar-refractivity contribution is 5.85. The number of aromatic nitrogens is 5. The molecule has 11 heteroatoms. The van der Waals surface area contributed by atoms with Crippen LogP contribution in [0.4, 0.5) is 13.2 Å². The van der Waals surface area contributed by atoms with Gasteiger partial charge in [-0.3, -0.25) is 4.98 Å². The van der Waals surface area contributed by atoms with Crippen LogP contribution in [0.2, 0.25) is 0 Å². The molecule has 0 aliphatic heterocycles. The van der Waals surface area contributed by atoms with Gasteiger partial charge in [-0.15, -0.1) is 0 Å². The standard InChI is InChI=1S/C10H10F3N5O3/c1-17-3-5(10(11,12)13)14-7(17)8(19)21-4-6-15-9(20)18(2)16-6/h3H,4H2,1-2H3,(H,15,16,20). The maximum atomic E-state index is 12.5. The molecule has 0 aromatic carbocycles. The molecule has 114 valence electrons. The van der Waals surface area contributed by atoms with E-state index in [9.17, 15) is 22.8 Å². The molecule has 0 unspecified atom stereocenters. The van der Waals surface area contributed by atoms with Gasteiger partial charge >= 0.3 is 17.8 Å². The Balaban J connectivity index is 2.10. The highest BCUT2D eigenvalue weighted by Gasteiger charge is 2.35. The lowest BCUT2D eigenvalue weighted by atomic mass is 10.5. The van der Waals surface area contributed by atoms with Crippen molar-refractivity contribution in [2.45, 2.75) is 12.8 Å². The largest absolute Gasteiger partial charge is 0.452 e. The van der Waals surface area contributed by atoms with Crippen LogP contribution in [0.1, 0.15) is 22.1 Å². The highest BCUT2D eigenvalue weighted by Crippen LogP contribution is 2.28. The molecule has 0 amide bonds. The predicted octanol–water partition coefficient (Wildman–Crippen LogP) is 0.218. The van der Waals surface area contributed by atoms with E-state index in [2.05, 4.69) is 15.1 Å². The number of rotatable bonds is 3. The number of imidazole rings is 1. The summed E-state index contributed by atoms with van der Waals surface area (Å²) in [5.74, 6) is -1.48. The van der Waals surface area contributed by atoms with Crippen molar-refractivity contribution in [2.75, 3.05) is 0 Å². The number of alkyl halides is 3. The molecule has 2 aromatic rings. The van der Waals surface area contributed by atoms with Gasteiger partial charge in [-0.25, -0.2) is 19.3 Å². The summed E-state index contributed by atoms with van der Waals surface area (Å²) in [6, 6.07) is 0. The molecule has 0 aliphatic carbocycles. The van der Waals surface area contributed by atoms with Gasteiger partial charge in [0.2, 0.25) is 5.82 Å². The minimum Gasteiger partial charge on any atom is -0.452 e. The Labute approximate surface area is 115 Å². The smallest absolute Gasteiger partial charge is 0.434 e. The summed E-state index contributed by atoms with van der Waals surface area (Å²) in [6.07, 6.45) is -3.97. The zero-order valence-corrected chi connectivity index (χ0v) is 10.9. The van der Waals surface area contributed by atoms with E-state index in [1.807, 2.05) is 0 Å². The van der Waals surface area contributed by atoms with Gasteiger partial charge < -0.3 is 9.30 Å². The van der Waals surface area contributed by atoms with Gasteiger partial charge in [-0.2, -0.15) is 18.3 Å². The third-order valence-corrected chi connectivity index (χ3v) is 2.51. The number of ether oxygens (including phenoxy) is 1. The number of hydrogen-bond acceptors (Lipinski definition) is 5. The average molecular weight is 305 g/mol. The zero-order valence-electron chi connectivity index (χ0n) is 10.9. The Morgan fingerprint density at radius 3 is 2.57 bits per heavy atom. The predicted molar refractivity (Wildman–Crippen MR) is 61.2 cm³/mol. The Morgan fingerprint density at radius 2 is 2.10 bits per heavy atom. The van der Waals surface area contributed by atoms with Gasteiger partial charge in [0.05, 0.1) is 0 Å². The van der Waals surface area contributed by atoms with Crippen molar-refractivity contribution in [1.29, 1.82) is 0 Å². The van der Waals surface area contributed by atoms with E-state index in [0.29, 0.717) is 6.20 Å². The lowest BCUT2D eigenvalue weighted by Crippen LogP contribution is -2.13. The summed E-state index contributed by atoms with van der Waals surface area (Å²) < 4.78 is 44.0. The van der Waals surface area contributed by atoms with Crippen LogP contribution in [0.25, 0.3) is 0 Å². The third-order valence-electron chi connectivity index (χ3n) is 2.51. The molecule has 0 aliphatic rings. The van der Waals surface area contributed by atoms with Gasteiger partial charge in [0.25, 0.3) is 0 Å². The minimum absolute atomic E-state index is 0.0705. The molecule has 0 atom stereocenters. The second kappa shape index (κ2) is 5.07. The molecule has 0 bridgehead atoms. The molecule has 0 saturated heterocycles. The fourth-order valence-electron chi connectivity index (χ4n) is 1.51. The van der Waals surface area contributed by atoms with Crippen LogP contribution in [0.15, 0.2) is 11.0 Å². The van der Waals surface area contributed by atoms with Gasteiger partial charge in [-0.05, 0) is 0 Å². The second-order valence-electron chi connectivity index (χ2n) is 4.14. The van der Waals surface area contributed by atoms with Crippen molar-refractivity contribution in [2.24, 2.45) is 14.1 Å². The van der Waals surface area contributed by atoms with Crippen molar-refractivity contribution in [3.05, 3.63) is 34.0 Å². The normalized spacial score (nSPS) is 11.7. The quantitative estimate of drug-likeness (QED) is 0.818. The molecule has 0 saturated carbocycles. The Kier molecular flexibility index (Phi) is 3.58. The maximum Gasteiger partial charge on any atom is 0.434 e. The van der Waals surface area contributed by atoms with E-state index in [1.54, 1.807) is 0 Å². The van der Waals surface area contributed by atoms with E-state index in [0.717, 1.165) is 9.25 Å². The number of nitrogens with one attached hydrogen (secondary N) is 1. The first-order valence-corrected chi connectivity index (χ1v) is 5.58. The van der Waals surface area contributed by atoms with Crippen molar-refractivity contribution in [3.8, 4) is 0 Å². The molecule has 0 radical (unpaired) electrons. The Morgan fingerprint density at radius 1 is 1.43 bits per heavy atom. The first-order chi connectivity index (χ1) is 9.68. The molecule has 2 heterocycles. The Hall–Kier alpha value is -2.59.